The highest BCUT2D eigenvalue weighted by Crippen LogP contribution is 2.19. The molecular formula is C17H15N3O3S. The Morgan fingerprint density at radius 3 is 2.71 bits per heavy atom. The van der Waals surface area contributed by atoms with Gasteiger partial charge in [0.1, 0.15) is 10.9 Å². The van der Waals surface area contributed by atoms with Crippen molar-refractivity contribution in [3.05, 3.63) is 51.7 Å². The average molecular weight is 341 g/mol. The Bertz CT molecular complexity index is 803. The third-order valence-corrected chi connectivity index (χ3v) is 4.59. The minimum Gasteiger partial charge on any atom is -0.378 e. The zero-order valence-corrected chi connectivity index (χ0v) is 13.6. The first-order valence-corrected chi connectivity index (χ1v) is 8.27. The van der Waals surface area contributed by atoms with Crippen molar-refractivity contribution >= 4 is 28.8 Å². The molecule has 0 radical (unpaired) electrons. The number of hydrogen-bond acceptors (Lipinski definition) is 5. The molecule has 1 aromatic carbocycles. The Balaban J connectivity index is 1.71. The van der Waals surface area contributed by atoms with E-state index in [-0.39, 0.29) is 11.8 Å². The molecule has 2 heterocycles. The summed E-state index contributed by atoms with van der Waals surface area (Å²) in [4.78, 5) is 27.4. The summed E-state index contributed by atoms with van der Waals surface area (Å²) >= 11 is 1.13. The van der Waals surface area contributed by atoms with Crippen LogP contribution in [0, 0.1) is 11.3 Å². The molecule has 1 N–H and O–H groups in total. The number of thiophene rings is 1. The van der Waals surface area contributed by atoms with Gasteiger partial charge in [0.25, 0.3) is 11.8 Å². The van der Waals surface area contributed by atoms with Crippen LogP contribution in [0.3, 0.4) is 0 Å². The van der Waals surface area contributed by atoms with E-state index in [0.717, 1.165) is 11.3 Å². The topological polar surface area (TPSA) is 82.4 Å². The van der Waals surface area contributed by atoms with Gasteiger partial charge in [-0.2, -0.15) is 5.26 Å². The van der Waals surface area contributed by atoms with E-state index in [0.29, 0.717) is 47.3 Å². The number of carbonyl (C=O) groups excluding carboxylic acids is 2. The Morgan fingerprint density at radius 2 is 2.00 bits per heavy atom. The highest BCUT2D eigenvalue weighted by atomic mass is 32.1. The molecule has 0 saturated carbocycles. The van der Waals surface area contributed by atoms with Crippen molar-refractivity contribution in [3.8, 4) is 6.07 Å². The predicted molar refractivity (Wildman–Crippen MR) is 90.2 cm³/mol. The maximum Gasteiger partial charge on any atom is 0.265 e. The quantitative estimate of drug-likeness (QED) is 0.929. The van der Waals surface area contributed by atoms with Crippen molar-refractivity contribution in [3.63, 3.8) is 0 Å². The minimum absolute atomic E-state index is 0.0720. The smallest absolute Gasteiger partial charge is 0.265 e. The van der Waals surface area contributed by atoms with Gasteiger partial charge in [-0.25, -0.2) is 0 Å². The number of morpholine rings is 1. The molecule has 0 unspecified atom stereocenters. The van der Waals surface area contributed by atoms with Crippen molar-refractivity contribution in [2.24, 2.45) is 0 Å². The van der Waals surface area contributed by atoms with Crippen molar-refractivity contribution in [1.82, 2.24) is 4.90 Å². The molecule has 0 bridgehead atoms. The van der Waals surface area contributed by atoms with E-state index in [4.69, 9.17) is 10.00 Å². The fraction of sp³-hybridized carbons (Fsp3) is 0.235. The molecule has 3 rings (SSSR count). The van der Waals surface area contributed by atoms with Crippen LogP contribution in [0.25, 0.3) is 0 Å². The summed E-state index contributed by atoms with van der Waals surface area (Å²) in [5, 5.41) is 11.6. The first kappa shape index (κ1) is 16.2. The van der Waals surface area contributed by atoms with Gasteiger partial charge in [-0.3, -0.25) is 9.59 Å². The molecule has 2 amide bonds. The fourth-order valence-corrected chi connectivity index (χ4v) is 3.09. The van der Waals surface area contributed by atoms with E-state index in [1.807, 2.05) is 6.07 Å². The third kappa shape index (κ3) is 3.62. The van der Waals surface area contributed by atoms with Gasteiger partial charge in [-0.05, 0) is 30.3 Å². The van der Waals surface area contributed by atoms with Crippen molar-refractivity contribution in [2.75, 3.05) is 31.6 Å². The highest BCUT2D eigenvalue weighted by molar-refractivity contribution is 7.14. The Morgan fingerprint density at radius 1 is 1.21 bits per heavy atom. The molecule has 1 saturated heterocycles. The van der Waals surface area contributed by atoms with Crippen LogP contribution in [-0.2, 0) is 4.74 Å². The Labute approximate surface area is 143 Å². The lowest BCUT2D eigenvalue weighted by Gasteiger charge is -2.27. The number of nitriles is 1. The Kier molecular flexibility index (Phi) is 4.89. The van der Waals surface area contributed by atoms with Crippen LogP contribution in [0.5, 0.6) is 0 Å². The number of benzene rings is 1. The van der Waals surface area contributed by atoms with E-state index >= 15 is 0 Å². The van der Waals surface area contributed by atoms with Crippen molar-refractivity contribution in [1.29, 1.82) is 5.26 Å². The first-order valence-electron chi connectivity index (χ1n) is 7.46. The monoisotopic (exact) mass is 341 g/mol. The molecule has 1 fully saturated rings. The molecule has 1 aromatic heterocycles. The number of rotatable bonds is 3. The van der Waals surface area contributed by atoms with Gasteiger partial charge in [0.15, 0.2) is 0 Å². The standard InChI is InChI=1S/C17H15N3O3S/c18-11-14-4-5-15(24-14)16(21)19-13-3-1-2-12(10-13)17(22)20-6-8-23-9-7-20/h1-5,10H,6-9H2,(H,19,21). The summed E-state index contributed by atoms with van der Waals surface area (Å²) in [6.07, 6.45) is 0. The molecule has 6 nitrogen and oxygen atoms in total. The van der Waals surface area contributed by atoms with Gasteiger partial charge in [0, 0.05) is 24.3 Å². The zero-order valence-electron chi connectivity index (χ0n) is 12.8. The SMILES string of the molecule is N#Cc1ccc(C(=O)Nc2cccc(C(=O)N3CCOCC3)c2)s1. The van der Waals surface area contributed by atoms with Crippen LogP contribution >= 0.6 is 11.3 Å². The molecule has 0 aliphatic carbocycles. The van der Waals surface area contributed by atoms with Gasteiger partial charge in [0.05, 0.1) is 18.1 Å². The number of nitrogens with zero attached hydrogens (tertiary/aromatic N) is 2. The van der Waals surface area contributed by atoms with E-state index in [9.17, 15) is 9.59 Å². The minimum atomic E-state index is -0.294. The first-order chi connectivity index (χ1) is 11.7. The van der Waals surface area contributed by atoms with Crippen LogP contribution < -0.4 is 5.32 Å². The van der Waals surface area contributed by atoms with E-state index in [1.165, 1.54) is 0 Å². The molecule has 2 aromatic rings. The van der Waals surface area contributed by atoms with Gasteiger partial charge < -0.3 is 15.0 Å². The van der Waals surface area contributed by atoms with E-state index in [1.54, 1.807) is 41.3 Å². The second kappa shape index (κ2) is 7.25. The molecule has 122 valence electrons. The van der Waals surface area contributed by atoms with Gasteiger partial charge in [0.2, 0.25) is 0 Å². The predicted octanol–water partition coefficient (Wildman–Crippen LogP) is 2.34. The van der Waals surface area contributed by atoms with Gasteiger partial charge in [-0.15, -0.1) is 11.3 Å². The van der Waals surface area contributed by atoms with Crippen LogP contribution in [0.15, 0.2) is 36.4 Å². The number of nitrogens with one attached hydrogen (secondary N) is 1. The maximum absolute atomic E-state index is 12.5. The van der Waals surface area contributed by atoms with Crippen LogP contribution in [0.2, 0.25) is 0 Å². The summed E-state index contributed by atoms with van der Waals surface area (Å²) in [6, 6.07) is 12.1. The molecule has 1 aliphatic rings. The van der Waals surface area contributed by atoms with Crippen molar-refractivity contribution in [2.45, 2.75) is 0 Å². The second-order valence-electron chi connectivity index (χ2n) is 5.22. The summed E-state index contributed by atoms with van der Waals surface area (Å²) in [6.45, 7) is 2.23. The van der Waals surface area contributed by atoms with E-state index < -0.39 is 0 Å². The van der Waals surface area contributed by atoms with Crippen LogP contribution in [0.1, 0.15) is 24.9 Å². The number of amides is 2. The molecule has 7 heteroatoms. The summed E-state index contributed by atoms with van der Waals surface area (Å²) in [7, 11) is 0. The zero-order chi connectivity index (χ0) is 16.9. The van der Waals surface area contributed by atoms with Gasteiger partial charge in [-0.1, -0.05) is 6.07 Å². The molecular weight excluding hydrogens is 326 g/mol. The van der Waals surface area contributed by atoms with Gasteiger partial charge >= 0.3 is 0 Å². The Hall–Kier alpha value is -2.69. The lowest BCUT2D eigenvalue weighted by atomic mass is 10.1. The number of ether oxygens (including phenoxy) is 1. The largest absolute Gasteiger partial charge is 0.378 e. The maximum atomic E-state index is 12.5. The second-order valence-corrected chi connectivity index (χ2v) is 6.30. The van der Waals surface area contributed by atoms with Crippen LogP contribution in [0.4, 0.5) is 5.69 Å². The molecule has 24 heavy (non-hydrogen) atoms. The fourth-order valence-electron chi connectivity index (χ4n) is 2.39. The summed E-state index contributed by atoms with van der Waals surface area (Å²) < 4.78 is 5.25. The molecule has 0 atom stereocenters. The lowest BCUT2D eigenvalue weighted by Crippen LogP contribution is -2.40. The number of carbonyl (C=O) groups is 2. The average Bonchev–Trinajstić information content (AvgIpc) is 3.11. The molecule has 0 spiro atoms. The number of anilines is 1. The molecule has 1 aliphatic heterocycles. The van der Waals surface area contributed by atoms with Crippen molar-refractivity contribution < 1.29 is 14.3 Å². The third-order valence-electron chi connectivity index (χ3n) is 3.61. The summed E-state index contributed by atoms with van der Waals surface area (Å²) in [5.41, 5.74) is 1.07. The van der Waals surface area contributed by atoms with E-state index in [2.05, 4.69) is 5.32 Å². The van der Waals surface area contributed by atoms with Crippen LogP contribution in [-0.4, -0.2) is 43.0 Å². The highest BCUT2D eigenvalue weighted by Gasteiger charge is 2.19. The number of hydrogen-bond donors (Lipinski definition) is 1. The summed E-state index contributed by atoms with van der Waals surface area (Å²) in [5.74, 6) is -0.366. The normalized spacial score (nSPS) is 14.0. The lowest BCUT2D eigenvalue weighted by molar-refractivity contribution is 0.0303.